The van der Waals surface area contributed by atoms with Crippen LogP contribution in [0.4, 0.5) is 19.0 Å². The normalized spacial score (nSPS) is 11.6. The maximum Gasteiger partial charge on any atom is 0.471 e. The molecule has 1 aromatic rings. The van der Waals surface area contributed by atoms with Crippen molar-refractivity contribution in [1.29, 1.82) is 0 Å². The Morgan fingerprint density at radius 3 is 2.47 bits per heavy atom. The van der Waals surface area contributed by atoms with Gasteiger partial charge >= 0.3 is 18.1 Å². The van der Waals surface area contributed by atoms with Crippen molar-refractivity contribution in [3.05, 3.63) is 29.5 Å². The summed E-state index contributed by atoms with van der Waals surface area (Å²) in [5.74, 6) is -3.53. The highest BCUT2D eigenvalue weighted by Gasteiger charge is 2.38. The molecule has 0 unspecified atom stereocenters. The predicted octanol–water partition coefficient (Wildman–Crippen LogP) is 1.99. The van der Waals surface area contributed by atoms with Crippen LogP contribution >= 0.6 is 0 Å². The molecular weight excluding hydrogens is 265 g/mol. The summed E-state index contributed by atoms with van der Waals surface area (Å²) in [4.78, 5) is 24.7. The Bertz CT molecular complexity index is 538. The van der Waals surface area contributed by atoms with E-state index in [0.29, 0.717) is 5.56 Å². The quantitative estimate of drug-likeness (QED) is 0.826. The number of anilines is 1. The second kappa shape index (κ2) is 5.51. The number of carboxylic acid groups (broad SMARTS) is 1. The van der Waals surface area contributed by atoms with Gasteiger partial charge in [0.1, 0.15) is 5.82 Å². The van der Waals surface area contributed by atoms with Crippen LogP contribution in [0.1, 0.15) is 11.3 Å². The van der Waals surface area contributed by atoms with E-state index in [2.05, 4.69) is 4.98 Å². The summed E-state index contributed by atoms with van der Waals surface area (Å²) in [5.41, 5.74) is 0.713. The molecule has 0 fully saturated rings. The van der Waals surface area contributed by atoms with Crippen LogP contribution in [-0.4, -0.2) is 28.1 Å². The van der Waals surface area contributed by atoms with Gasteiger partial charge in [0.15, 0.2) is 0 Å². The Morgan fingerprint density at radius 2 is 2.00 bits per heavy atom. The SMILES string of the molecule is Cc1nc(NC(=O)C(F)(F)F)ccc1/C=C/C(=O)O. The zero-order valence-corrected chi connectivity index (χ0v) is 9.65. The summed E-state index contributed by atoms with van der Waals surface area (Å²) in [6.45, 7) is 1.48. The first-order chi connectivity index (χ1) is 8.70. The van der Waals surface area contributed by atoms with E-state index < -0.39 is 18.1 Å². The summed E-state index contributed by atoms with van der Waals surface area (Å²) in [6, 6.07) is 2.51. The smallest absolute Gasteiger partial charge is 0.471 e. The number of hydrogen-bond donors (Lipinski definition) is 2. The lowest BCUT2D eigenvalue weighted by Crippen LogP contribution is -2.30. The van der Waals surface area contributed by atoms with Crippen molar-refractivity contribution in [2.24, 2.45) is 0 Å². The van der Waals surface area contributed by atoms with E-state index in [0.717, 1.165) is 12.1 Å². The van der Waals surface area contributed by atoms with Crippen LogP contribution in [0.25, 0.3) is 6.08 Å². The predicted molar refractivity (Wildman–Crippen MR) is 60.3 cm³/mol. The number of amides is 1. The van der Waals surface area contributed by atoms with Gasteiger partial charge in [-0.3, -0.25) is 4.79 Å². The molecule has 0 aliphatic carbocycles. The Morgan fingerprint density at radius 1 is 1.37 bits per heavy atom. The van der Waals surface area contributed by atoms with Crippen LogP contribution in [0.5, 0.6) is 0 Å². The summed E-state index contributed by atoms with van der Waals surface area (Å²) in [5, 5.41) is 10.0. The van der Waals surface area contributed by atoms with E-state index in [1.807, 2.05) is 0 Å². The van der Waals surface area contributed by atoms with Gasteiger partial charge in [0.2, 0.25) is 0 Å². The molecule has 1 aromatic heterocycles. The number of nitrogens with one attached hydrogen (secondary N) is 1. The van der Waals surface area contributed by atoms with Gasteiger partial charge in [-0.1, -0.05) is 0 Å². The topological polar surface area (TPSA) is 79.3 Å². The minimum atomic E-state index is -4.99. The van der Waals surface area contributed by atoms with Gasteiger partial charge in [-0.05, 0) is 30.7 Å². The number of aryl methyl sites for hydroxylation is 1. The van der Waals surface area contributed by atoms with E-state index >= 15 is 0 Å². The molecule has 5 nitrogen and oxygen atoms in total. The third kappa shape index (κ3) is 4.41. The van der Waals surface area contributed by atoms with Gasteiger partial charge in [0, 0.05) is 11.8 Å². The van der Waals surface area contributed by atoms with Gasteiger partial charge in [-0.25, -0.2) is 9.78 Å². The second-order valence-corrected chi connectivity index (χ2v) is 3.49. The average molecular weight is 274 g/mol. The van der Waals surface area contributed by atoms with Crippen molar-refractivity contribution < 1.29 is 27.9 Å². The molecule has 0 aliphatic heterocycles. The molecule has 1 amide bonds. The van der Waals surface area contributed by atoms with E-state index in [4.69, 9.17) is 5.11 Å². The lowest BCUT2D eigenvalue weighted by molar-refractivity contribution is -0.167. The van der Waals surface area contributed by atoms with Gasteiger partial charge in [-0.2, -0.15) is 13.2 Å². The van der Waals surface area contributed by atoms with Crippen LogP contribution in [0, 0.1) is 6.92 Å². The molecule has 0 saturated heterocycles. The fourth-order valence-corrected chi connectivity index (χ4v) is 1.17. The van der Waals surface area contributed by atoms with Crippen molar-refractivity contribution in [1.82, 2.24) is 4.98 Å². The zero-order valence-electron chi connectivity index (χ0n) is 9.65. The molecule has 0 atom stereocenters. The molecule has 19 heavy (non-hydrogen) atoms. The van der Waals surface area contributed by atoms with Crippen LogP contribution in [0.3, 0.4) is 0 Å². The van der Waals surface area contributed by atoms with Gasteiger partial charge in [-0.15, -0.1) is 0 Å². The first-order valence-electron chi connectivity index (χ1n) is 4.97. The van der Waals surface area contributed by atoms with E-state index in [9.17, 15) is 22.8 Å². The molecular formula is C11H9F3N2O3. The summed E-state index contributed by atoms with van der Waals surface area (Å²) in [6.07, 6.45) is -2.87. The van der Waals surface area contributed by atoms with Crippen LogP contribution < -0.4 is 5.32 Å². The second-order valence-electron chi connectivity index (χ2n) is 3.49. The highest BCUT2D eigenvalue weighted by Crippen LogP contribution is 2.18. The maximum absolute atomic E-state index is 12.0. The average Bonchev–Trinajstić information content (AvgIpc) is 2.26. The highest BCUT2D eigenvalue weighted by molar-refractivity contribution is 5.94. The van der Waals surface area contributed by atoms with Gasteiger partial charge in [0.25, 0.3) is 0 Å². The van der Waals surface area contributed by atoms with E-state index in [-0.39, 0.29) is 11.5 Å². The maximum atomic E-state index is 12.0. The Balaban J connectivity index is 2.89. The van der Waals surface area contributed by atoms with Gasteiger partial charge in [0.05, 0.1) is 0 Å². The van der Waals surface area contributed by atoms with Crippen LogP contribution in [0.15, 0.2) is 18.2 Å². The number of rotatable bonds is 3. The van der Waals surface area contributed by atoms with Crippen molar-refractivity contribution in [3.8, 4) is 0 Å². The number of carbonyl (C=O) groups excluding carboxylic acids is 1. The first kappa shape index (κ1) is 14.7. The fourth-order valence-electron chi connectivity index (χ4n) is 1.17. The van der Waals surface area contributed by atoms with Crippen molar-refractivity contribution in [2.75, 3.05) is 5.32 Å². The summed E-state index contributed by atoms with van der Waals surface area (Å²) in [7, 11) is 0. The number of nitrogens with zero attached hydrogens (tertiary/aromatic N) is 1. The first-order valence-corrected chi connectivity index (χ1v) is 4.97. The third-order valence-corrected chi connectivity index (χ3v) is 2.03. The van der Waals surface area contributed by atoms with Gasteiger partial charge < -0.3 is 10.4 Å². The number of pyridine rings is 1. The molecule has 0 aliphatic rings. The number of hydrogen-bond acceptors (Lipinski definition) is 3. The standard InChI is InChI=1S/C11H9F3N2O3/c1-6-7(3-5-9(17)18)2-4-8(15-6)16-10(19)11(12,13)14/h2-5H,1H3,(H,17,18)(H,15,16,19)/b5-3+. The molecule has 0 aromatic carbocycles. The van der Waals surface area contributed by atoms with E-state index in [1.54, 1.807) is 5.32 Å². The summed E-state index contributed by atoms with van der Waals surface area (Å²) < 4.78 is 36.0. The van der Waals surface area contributed by atoms with Crippen molar-refractivity contribution in [2.45, 2.75) is 13.1 Å². The molecule has 1 heterocycles. The molecule has 8 heteroatoms. The molecule has 0 spiro atoms. The van der Waals surface area contributed by atoms with Crippen molar-refractivity contribution in [3.63, 3.8) is 0 Å². The zero-order chi connectivity index (χ0) is 14.6. The number of carboxylic acids is 1. The van der Waals surface area contributed by atoms with Crippen molar-refractivity contribution >= 4 is 23.8 Å². The molecule has 102 valence electrons. The third-order valence-electron chi connectivity index (χ3n) is 2.03. The monoisotopic (exact) mass is 274 g/mol. The Hall–Kier alpha value is -2.38. The molecule has 0 radical (unpaired) electrons. The number of alkyl halides is 3. The molecule has 0 saturated carbocycles. The molecule has 2 N–H and O–H groups in total. The fraction of sp³-hybridized carbons (Fsp3) is 0.182. The largest absolute Gasteiger partial charge is 0.478 e. The Labute approximate surface area is 105 Å². The minimum Gasteiger partial charge on any atom is -0.478 e. The lowest BCUT2D eigenvalue weighted by Gasteiger charge is -2.08. The van der Waals surface area contributed by atoms with Crippen LogP contribution in [0.2, 0.25) is 0 Å². The number of carbonyl (C=O) groups is 2. The lowest BCUT2D eigenvalue weighted by atomic mass is 10.2. The number of halogens is 3. The summed E-state index contributed by atoms with van der Waals surface area (Å²) >= 11 is 0. The number of aliphatic carboxylic acids is 1. The minimum absolute atomic E-state index is 0.257. The Kier molecular flexibility index (Phi) is 4.26. The molecule has 1 rings (SSSR count). The highest BCUT2D eigenvalue weighted by atomic mass is 19.4. The van der Waals surface area contributed by atoms with Crippen LogP contribution in [-0.2, 0) is 9.59 Å². The van der Waals surface area contributed by atoms with E-state index in [1.165, 1.54) is 19.1 Å². The number of aromatic nitrogens is 1. The molecule has 0 bridgehead atoms.